The van der Waals surface area contributed by atoms with Crippen molar-refractivity contribution in [2.24, 2.45) is 5.92 Å². The average molecular weight is 360 g/mol. The molecule has 3 rings (SSSR count). The van der Waals surface area contributed by atoms with E-state index in [1.165, 1.54) is 18.2 Å². The average Bonchev–Trinajstić information content (AvgIpc) is 2.82. The molecule has 1 saturated heterocycles. The molecule has 1 aliphatic heterocycles. The van der Waals surface area contributed by atoms with Gasteiger partial charge in [0.25, 0.3) is 11.6 Å². The van der Waals surface area contributed by atoms with Gasteiger partial charge in [-0.2, -0.15) is 0 Å². The van der Waals surface area contributed by atoms with E-state index in [-0.39, 0.29) is 11.4 Å². The second-order valence-electron chi connectivity index (χ2n) is 6.91. The number of benzene rings is 1. The quantitative estimate of drug-likeness (QED) is 0.483. The van der Waals surface area contributed by atoms with Gasteiger partial charge in [-0.1, -0.05) is 19.1 Å². The van der Waals surface area contributed by atoms with E-state index in [4.69, 9.17) is 0 Å². The highest BCUT2D eigenvalue weighted by molar-refractivity contribution is 6.10. The van der Waals surface area contributed by atoms with Crippen molar-refractivity contribution >= 4 is 29.2 Å². The van der Waals surface area contributed by atoms with Gasteiger partial charge in [0, 0.05) is 6.07 Å². The van der Waals surface area contributed by atoms with E-state index in [2.05, 4.69) is 17.6 Å². The molecule has 2 fully saturated rings. The van der Waals surface area contributed by atoms with Crippen molar-refractivity contribution in [2.75, 3.05) is 11.9 Å². The van der Waals surface area contributed by atoms with Crippen molar-refractivity contribution in [3.05, 3.63) is 34.4 Å². The summed E-state index contributed by atoms with van der Waals surface area (Å²) in [5.41, 5.74) is -1.14. The fourth-order valence-electron chi connectivity index (χ4n) is 3.49. The summed E-state index contributed by atoms with van der Waals surface area (Å²) in [5, 5.41) is 16.1. The second kappa shape index (κ2) is 6.74. The van der Waals surface area contributed by atoms with Crippen molar-refractivity contribution in [1.82, 2.24) is 10.2 Å². The predicted octanol–water partition coefficient (Wildman–Crippen LogP) is 2.03. The van der Waals surface area contributed by atoms with Gasteiger partial charge >= 0.3 is 6.03 Å². The van der Waals surface area contributed by atoms with Crippen LogP contribution in [0.1, 0.15) is 32.6 Å². The van der Waals surface area contributed by atoms with E-state index in [9.17, 15) is 24.5 Å². The third kappa shape index (κ3) is 3.24. The molecule has 0 unspecified atom stereocenters. The molecule has 2 N–H and O–H groups in total. The van der Waals surface area contributed by atoms with Crippen LogP contribution >= 0.6 is 0 Å². The molecule has 1 saturated carbocycles. The van der Waals surface area contributed by atoms with Crippen LogP contribution in [0.5, 0.6) is 0 Å². The monoisotopic (exact) mass is 360 g/mol. The number of anilines is 1. The second-order valence-corrected chi connectivity index (χ2v) is 6.91. The maximum absolute atomic E-state index is 12.7. The van der Waals surface area contributed by atoms with Crippen LogP contribution in [0, 0.1) is 16.0 Å². The lowest BCUT2D eigenvalue weighted by Crippen LogP contribution is -2.49. The van der Waals surface area contributed by atoms with Gasteiger partial charge in [-0.15, -0.1) is 0 Å². The minimum atomic E-state index is -0.914. The number of hydrogen-bond donors (Lipinski definition) is 2. The van der Waals surface area contributed by atoms with Crippen LogP contribution in [-0.4, -0.2) is 39.8 Å². The van der Waals surface area contributed by atoms with Gasteiger partial charge in [-0.3, -0.25) is 24.6 Å². The molecule has 9 nitrogen and oxygen atoms in total. The molecule has 1 aromatic rings. The van der Waals surface area contributed by atoms with Crippen molar-refractivity contribution in [3.8, 4) is 0 Å². The Kier molecular flexibility index (Phi) is 4.62. The molecule has 1 heterocycles. The molecular formula is C17H20N4O5. The molecule has 0 atom stereocenters. The molecule has 0 aromatic heterocycles. The van der Waals surface area contributed by atoms with Gasteiger partial charge in [0.1, 0.15) is 17.8 Å². The Morgan fingerprint density at radius 3 is 2.65 bits per heavy atom. The zero-order valence-electron chi connectivity index (χ0n) is 14.4. The summed E-state index contributed by atoms with van der Waals surface area (Å²) in [4.78, 5) is 48.5. The van der Waals surface area contributed by atoms with Crippen LogP contribution in [0.15, 0.2) is 24.3 Å². The zero-order valence-corrected chi connectivity index (χ0v) is 14.4. The fourth-order valence-corrected chi connectivity index (χ4v) is 3.49. The minimum Gasteiger partial charge on any atom is -0.323 e. The largest absolute Gasteiger partial charge is 0.325 e. The smallest absolute Gasteiger partial charge is 0.323 e. The van der Waals surface area contributed by atoms with Gasteiger partial charge < -0.3 is 10.6 Å². The third-order valence-electron chi connectivity index (χ3n) is 5.05. The molecule has 2 aliphatic rings. The number of rotatable bonds is 4. The molecule has 0 bridgehead atoms. The number of carbonyl (C=O) groups excluding carboxylic acids is 3. The van der Waals surface area contributed by atoms with Gasteiger partial charge in [0.05, 0.1) is 4.92 Å². The van der Waals surface area contributed by atoms with Crippen LogP contribution in [0.25, 0.3) is 0 Å². The first-order chi connectivity index (χ1) is 12.3. The summed E-state index contributed by atoms with van der Waals surface area (Å²) in [5.74, 6) is -0.558. The summed E-state index contributed by atoms with van der Waals surface area (Å²) < 4.78 is 0. The SMILES string of the molecule is CC1CCC2(CC1)NC(=O)N(CC(=O)Nc1ccccc1[N+](=O)[O-])C2=O. The zero-order chi connectivity index (χ0) is 18.9. The van der Waals surface area contributed by atoms with Crippen molar-refractivity contribution < 1.29 is 19.3 Å². The van der Waals surface area contributed by atoms with Gasteiger partial charge in [0.15, 0.2) is 0 Å². The maximum atomic E-state index is 12.7. The van der Waals surface area contributed by atoms with Crippen LogP contribution in [-0.2, 0) is 9.59 Å². The van der Waals surface area contributed by atoms with Crippen molar-refractivity contribution in [3.63, 3.8) is 0 Å². The van der Waals surface area contributed by atoms with Gasteiger partial charge in [-0.05, 0) is 37.7 Å². The van der Waals surface area contributed by atoms with E-state index >= 15 is 0 Å². The Hall–Kier alpha value is -2.97. The summed E-state index contributed by atoms with van der Waals surface area (Å²) in [7, 11) is 0. The molecule has 0 radical (unpaired) electrons. The Labute approximate surface area is 149 Å². The van der Waals surface area contributed by atoms with E-state index in [1.54, 1.807) is 6.07 Å². The number of nitrogens with one attached hydrogen (secondary N) is 2. The van der Waals surface area contributed by atoms with E-state index in [0.29, 0.717) is 18.8 Å². The summed E-state index contributed by atoms with van der Waals surface area (Å²) in [6, 6.07) is 5.10. The molecule has 26 heavy (non-hydrogen) atoms. The number of urea groups is 1. The topological polar surface area (TPSA) is 122 Å². The first-order valence-electron chi connectivity index (χ1n) is 8.50. The number of nitrogens with zero attached hydrogens (tertiary/aromatic N) is 2. The lowest BCUT2D eigenvalue weighted by molar-refractivity contribution is -0.383. The maximum Gasteiger partial charge on any atom is 0.325 e. The Morgan fingerprint density at radius 1 is 1.35 bits per heavy atom. The predicted molar refractivity (Wildman–Crippen MR) is 92.3 cm³/mol. The van der Waals surface area contributed by atoms with Gasteiger partial charge in [0.2, 0.25) is 5.91 Å². The number of carbonyl (C=O) groups is 3. The number of imide groups is 1. The van der Waals surface area contributed by atoms with E-state index in [0.717, 1.165) is 17.7 Å². The highest BCUT2D eigenvalue weighted by Gasteiger charge is 2.52. The fraction of sp³-hybridized carbons (Fsp3) is 0.471. The third-order valence-corrected chi connectivity index (χ3v) is 5.05. The molecule has 9 heteroatoms. The Morgan fingerprint density at radius 2 is 2.00 bits per heavy atom. The molecule has 4 amide bonds. The standard InChI is InChI=1S/C17H20N4O5/c1-11-6-8-17(9-7-11)15(23)20(16(24)19-17)10-14(22)18-12-4-2-3-5-13(12)21(25)26/h2-5,11H,6-10H2,1H3,(H,18,22)(H,19,24). The number of amides is 4. The lowest BCUT2D eigenvalue weighted by atomic mass is 9.77. The summed E-state index contributed by atoms with van der Waals surface area (Å²) in [6.07, 6.45) is 2.78. The van der Waals surface area contributed by atoms with Crippen LogP contribution in [0.4, 0.5) is 16.2 Å². The number of hydrogen-bond acceptors (Lipinski definition) is 5. The van der Waals surface area contributed by atoms with Crippen LogP contribution in [0.3, 0.4) is 0 Å². The first kappa shape index (κ1) is 17.8. The number of para-hydroxylation sites is 2. The molecule has 1 aliphatic carbocycles. The minimum absolute atomic E-state index is 0.0239. The molecular weight excluding hydrogens is 340 g/mol. The number of nitro groups is 1. The molecule has 1 aromatic carbocycles. The van der Waals surface area contributed by atoms with Gasteiger partial charge in [-0.25, -0.2) is 4.79 Å². The van der Waals surface area contributed by atoms with Crippen molar-refractivity contribution in [2.45, 2.75) is 38.1 Å². The van der Waals surface area contributed by atoms with E-state index < -0.39 is 34.9 Å². The lowest BCUT2D eigenvalue weighted by Gasteiger charge is -2.33. The highest BCUT2D eigenvalue weighted by Crippen LogP contribution is 2.36. The summed E-state index contributed by atoms with van der Waals surface area (Å²) in [6.45, 7) is 1.63. The Balaban J connectivity index is 1.69. The number of nitro benzene ring substituents is 1. The van der Waals surface area contributed by atoms with Crippen LogP contribution in [0.2, 0.25) is 0 Å². The Bertz CT molecular complexity index is 770. The summed E-state index contributed by atoms with van der Waals surface area (Å²) >= 11 is 0. The molecule has 138 valence electrons. The van der Waals surface area contributed by atoms with E-state index in [1.807, 2.05) is 0 Å². The first-order valence-corrected chi connectivity index (χ1v) is 8.50. The molecule has 1 spiro atoms. The highest BCUT2D eigenvalue weighted by atomic mass is 16.6. The van der Waals surface area contributed by atoms with Crippen molar-refractivity contribution in [1.29, 1.82) is 0 Å². The normalized spacial score (nSPS) is 25.3. The van der Waals surface area contributed by atoms with Crippen LogP contribution < -0.4 is 10.6 Å².